The summed E-state index contributed by atoms with van der Waals surface area (Å²) in [4.78, 5) is 12.0. The minimum absolute atomic E-state index is 0.0510. The zero-order valence-electron chi connectivity index (χ0n) is 15.6. The van der Waals surface area contributed by atoms with Crippen molar-refractivity contribution in [2.75, 3.05) is 5.75 Å². The molecule has 30 heavy (non-hydrogen) atoms. The number of nitrogens with one attached hydrogen (secondary N) is 1. The van der Waals surface area contributed by atoms with Gasteiger partial charge in [0.15, 0.2) is 8.68 Å². The van der Waals surface area contributed by atoms with Gasteiger partial charge in [0.2, 0.25) is 0 Å². The second-order valence-corrected chi connectivity index (χ2v) is 11.2. The summed E-state index contributed by atoms with van der Waals surface area (Å²) in [6.45, 7) is 2.07. The van der Waals surface area contributed by atoms with E-state index in [1.807, 2.05) is 0 Å². The average Bonchev–Trinajstić information content (AvgIpc) is 3.17. The van der Waals surface area contributed by atoms with Crippen LogP contribution in [0, 0.1) is 6.92 Å². The van der Waals surface area contributed by atoms with E-state index in [-0.39, 0.29) is 17.4 Å². The van der Waals surface area contributed by atoms with Crippen LogP contribution in [0.25, 0.3) is 0 Å². The van der Waals surface area contributed by atoms with E-state index >= 15 is 0 Å². The topological polar surface area (TPSA) is 87.5 Å². The largest absolute Gasteiger partial charge is 0.506 e. The standard InChI is InChI=1S/C19H16Br2N4O2S3/c1-11-2-4-12(5-3-11)9-28-18-24-25-19(30-18)29-10-16(26)23-22-8-13-6-14(20)7-15(21)17(13)27/h2-8,27H,9-10H2,1H3,(H,23,26)/b22-8+. The maximum atomic E-state index is 12.0. The van der Waals surface area contributed by atoms with Crippen LogP contribution in [0.5, 0.6) is 5.75 Å². The number of aromatic nitrogens is 2. The zero-order valence-corrected chi connectivity index (χ0v) is 21.3. The third kappa shape index (κ3) is 7.09. The van der Waals surface area contributed by atoms with Gasteiger partial charge in [0, 0.05) is 15.8 Å². The first-order valence-electron chi connectivity index (χ1n) is 8.55. The summed E-state index contributed by atoms with van der Waals surface area (Å²) in [5.74, 6) is 0.778. The van der Waals surface area contributed by atoms with E-state index in [1.165, 1.54) is 40.4 Å². The minimum Gasteiger partial charge on any atom is -0.506 e. The van der Waals surface area contributed by atoms with Crippen LogP contribution in [0.4, 0.5) is 0 Å². The summed E-state index contributed by atoms with van der Waals surface area (Å²) in [6, 6.07) is 11.8. The average molecular weight is 588 g/mol. The van der Waals surface area contributed by atoms with Crippen LogP contribution in [0.3, 0.4) is 0 Å². The molecule has 2 aromatic carbocycles. The van der Waals surface area contributed by atoms with E-state index < -0.39 is 0 Å². The van der Waals surface area contributed by atoms with Gasteiger partial charge in [-0.05, 0) is 40.5 Å². The van der Waals surface area contributed by atoms with Gasteiger partial charge in [0.25, 0.3) is 5.91 Å². The molecule has 2 N–H and O–H groups in total. The van der Waals surface area contributed by atoms with E-state index in [9.17, 15) is 9.90 Å². The Balaban J connectivity index is 1.44. The van der Waals surface area contributed by atoms with Crippen LogP contribution in [0.2, 0.25) is 0 Å². The first-order valence-corrected chi connectivity index (χ1v) is 12.9. The van der Waals surface area contributed by atoms with Crippen LogP contribution in [0.15, 0.2) is 59.1 Å². The Hall–Kier alpha value is -1.40. The Bertz CT molecular complexity index is 1060. The highest BCUT2D eigenvalue weighted by atomic mass is 79.9. The van der Waals surface area contributed by atoms with Crippen molar-refractivity contribution < 1.29 is 9.90 Å². The number of phenolic OH excluding ortho intramolecular Hbond substituents is 1. The highest BCUT2D eigenvalue weighted by Crippen LogP contribution is 2.31. The number of halogens is 2. The van der Waals surface area contributed by atoms with E-state index in [0.29, 0.717) is 10.0 Å². The third-order valence-electron chi connectivity index (χ3n) is 3.65. The molecular weight excluding hydrogens is 572 g/mol. The highest BCUT2D eigenvalue weighted by Gasteiger charge is 2.09. The molecule has 0 spiro atoms. The number of hydrazone groups is 1. The van der Waals surface area contributed by atoms with Crippen LogP contribution in [0.1, 0.15) is 16.7 Å². The van der Waals surface area contributed by atoms with E-state index in [2.05, 4.69) is 83.8 Å². The van der Waals surface area contributed by atoms with Gasteiger partial charge in [-0.25, -0.2) is 5.43 Å². The van der Waals surface area contributed by atoms with Gasteiger partial charge in [-0.15, -0.1) is 10.2 Å². The Labute approximate surface area is 203 Å². The van der Waals surface area contributed by atoms with Crippen molar-refractivity contribution in [1.82, 2.24) is 15.6 Å². The number of thioether (sulfide) groups is 2. The lowest BCUT2D eigenvalue weighted by molar-refractivity contribution is -0.118. The van der Waals surface area contributed by atoms with Gasteiger partial charge in [-0.2, -0.15) is 5.10 Å². The van der Waals surface area contributed by atoms with Crippen molar-refractivity contribution in [3.8, 4) is 5.75 Å². The number of aromatic hydroxyl groups is 1. The summed E-state index contributed by atoms with van der Waals surface area (Å²) in [6.07, 6.45) is 1.39. The first kappa shape index (κ1) is 23.3. The molecule has 1 amide bonds. The molecule has 156 valence electrons. The summed E-state index contributed by atoms with van der Waals surface area (Å²) in [7, 11) is 0. The summed E-state index contributed by atoms with van der Waals surface area (Å²) < 4.78 is 2.91. The smallest absolute Gasteiger partial charge is 0.250 e. The predicted octanol–water partition coefficient (Wildman–Crippen LogP) is 5.61. The van der Waals surface area contributed by atoms with Gasteiger partial charge in [-0.3, -0.25) is 4.79 Å². The third-order valence-corrected chi connectivity index (χ3v) is 7.97. The fraction of sp³-hybridized carbons (Fsp3) is 0.158. The molecule has 0 saturated carbocycles. The fourth-order valence-electron chi connectivity index (χ4n) is 2.16. The van der Waals surface area contributed by atoms with Gasteiger partial charge in [-0.1, -0.05) is 80.6 Å². The molecule has 0 aliphatic carbocycles. The molecular formula is C19H16Br2N4O2S3. The summed E-state index contributed by atoms with van der Waals surface area (Å²) in [5, 5.41) is 22.2. The molecule has 0 unspecified atom stereocenters. The zero-order chi connectivity index (χ0) is 21.5. The monoisotopic (exact) mass is 586 g/mol. The van der Waals surface area contributed by atoms with Gasteiger partial charge >= 0.3 is 0 Å². The number of nitrogens with zero attached hydrogens (tertiary/aromatic N) is 3. The fourth-order valence-corrected chi connectivity index (χ4v) is 6.19. The number of hydrogen-bond donors (Lipinski definition) is 2. The summed E-state index contributed by atoms with van der Waals surface area (Å²) in [5.41, 5.74) is 5.39. The summed E-state index contributed by atoms with van der Waals surface area (Å²) >= 11 is 11.0. The van der Waals surface area contributed by atoms with Crippen LogP contribution in [-0.4, -0.2) is 33.2 Å². The Morgan fingerprint density at radius 3 is 2.63 bits per heavy atom. The van der Waals surface area contributed by atoms with Crippen LogP contribution < -0.4 is 5.43 Å². The van der Waals surface area contributed by atoms with Crippen molar-refractivity contribution >= 4 is 78.8 Å². The van der Waals surface area contributed by atoms with Crippen LogP contribution in [-0.2, 0) is 10.5 Å². The normalized spacial score (nSPS) is 11.2. The van der Waals surface area contributed by atoms with Gasteiger partial charge in [0.1, 0.15) is 5.75 Å². The van der Waals surface area contributed by atoms with Crippen molar-refractivity contribution in [3.63, 3.8) is 0 Å². The number of benzene rings is 2. The molecule has 0 fully saturated rings. The van der Waals surface area contributed by atoms with Crippen molar-refractivity contribution in [1.29, 1.82) is 0 Å². The van der Waals surface area contributed by atoms with Gasteiger partial charge in [0.05, 0.1) is 16.4 Å². The predicted molar refractivity (Wildman–Crippen MR) is 131 cm³/mol. The lowest BCUT2D eigenvalue weighted by Crippen LogP contribution is -2.19. The van der Waals surface area contributed by atoms with Crippen molar-refractivity contribution in [3.05, 3.63) is 62.0 Å². The van der Waals surface area contributed by atoms with E-state index in [4.69, 9.17) is 0 Å². The Kier molecular flexibility index (Phi) is 8.75. The number of carbonyl (C=O) groups is 1. The number of aryl methyl sites for hydroxylation is 1. The first-order chi connectivity index (χ1) is 14.4. The van der Waals surface area contributed by atoms with E-state index in [1.54, 1.807) is 23.9 Å². The van der Waals surface area contributed by atoms with E-state index in [0.717, 1.165) is 18.9 Å². The molecule has 0 atom stereocenters. The Morgan fingerprint density at radius 1 is 1.20 bits per heavy atom. The quantitative estimate of drug-likeness (QED) is 0.202. The SMILES string of the molecule is Cc1ccc(CSc2nnc(SCC(=O)N/N=C/c3cc(Br)cc(Br)c3O)s2)cc1. The van der Waals surface area contributed by atoms with Crippen molar-refractivity contribution in [2.45, 2.75) is 21.4 Å². The van der Waals surface area contributed by atoms with Crippen LogP contribution >= 0.6 is 66.7 Å². The lowest BCUT2D eigenvalue weighted by atomic mass is 10.2. The molecule has 0 bridgehead atoms. The number of hydrogen-bond acceptors (Lipinski definition) is 8. The maximum Gasteiger partial charge on any atom is 0.250 e. The number of carbonyl (C=O) groups excluding carboxylic acids is 1. The van der Waals surface area contributed by atoms with Gasteiger partial charge < -0.3 is 5.11 Å². The molecule has 0 aliphatic heterocycles. The molecule has 11 heteroatoms. The molecule has 1 aromatic heterocycles. The number of rotatable bonds is 8. The molecule has 1 heterocycles. The minimum atomic E-state index is -0.270. The second kappa shape index (κ2) is 11.3. The molecule has 6 nitrogen and oxygen atoms in total. The Morgan fingerprint density at radius 2 is 1.90 bits per heavy atom. The molecule has 0 radical (unpaired) electrons. The molecule has 0 aliphatic rings. The van der Waals surface area contributed by atoms with Crippen molar-refractivity contribution in [2.24, 2.45) is 5.10 Å². The lowest BCUT2D eigenvalue weighted by Gasteiger charge is -2.03. The number of amides is 1. The molecule has 0 saturated heterocycles. The molecule has 3 aromatic rings. The number of phenols is 1. The molecule has 3 rings (SSSR count). The highest BCUT2D eigenvalue weighted by molar-refractivity contribution is 9.11. The second-order valence-electron chi connectivity index (χ2n) is 6.02. The maximum absolute atomic E-state index is 12.0.